The SMILES string of the molecule is COc1ccc(-n2c(C)ccc(C#N)c2=O)c(OC)c1. The van der Waals surface area contributed by atoms with Crippen molar-refractivity contribution in [3.8, 4) is 23.3 Å². The summed E-state index contributed by atoms with van der Waals surface area (Å²) in [5.41, 5.74) is 1.02. The lowest BCUT2D eigenvalue weighted by Crippen LogP contribution is -2.23. The second kappa shape index (κ2) is 5.49. The third kappa shape index (κ3) is 2.24. The lowest BCUT2D eigenvalue weighted by molar-refractivity contribution is 0.393. The minimum absolute atomic E-state index is 0.0912. The maximum atomic E-state index is 12.3. The first-order chi connectivity index (χ1) is 9.62. The predicted octanol–water partition coefficient (Wildman–Crippen LogP) is 2.03. The molecule has 20 heavy (non-hydrogen) atoms. The molecule has 1 aromatic carbocycles. The second-order valence-corrected chi connectivity index (χ2v) is 4.18. The molecule has 0 aliphatic heterocycles. The van der Waals surface area contributed by atoms with Gasteiger partial charge >= 0.3 is 0 Å². The Kier molecular flexibility index (Phi) is 3.76. The third-order valence-electron chi connectivity index (χ3n) is 3.03. The predicted molar refractivity (Wildman–Crippen MR) is 74.6 cm³/mol. The monoisotopic (exact) mass is 270 g/mol. The van der Waals surface area contributed by atoms with Gasteiger partial charge in [-0.3, -0.25) is 9.36 Å². The van der Waals surface area contributed by atoms with Crippen LogP contribution in [0.25, 0.3) is 5.69 Å². The molecule has 2 rings (SSSR count). The Hall–Kier alpha value is -2.74. The molecule has 0 N–H and O–H groups in total. The first-order valence-corrected chi connectivity index (χ1v) is 5.97. The molecule has 5 nitrogen and oxygen atoms in total. The van der Waals surface area contributed by atoms with Crippen molar-refractivity contribution >= 4 is 0 Å². The van der Waals surface area contributed by atoms with E-state index in [0.717, 1.165) is 5.69 Å². The summed E-state index contributed by atoms with van der Waals surface area (Å²) in [6, 6.07) is 10.3. The van der Waals surface area contributed by atoms with Crippen LogP contribution in [-0.4, -0.2) is 18.8 Å². The van der Waals surface area contributed by atoms with Crippen LogP contribution in [0.4, 0.5) is 0 Å². The number of benzene rings is 1. The Labute approximate surface area is 116 Å². The molecule has 0 bridgehead atoms. The Bertz CT molecular complexity index is 742. The van der Waals surface area contributed by atoms with E-state index in [2.05, 4.69) is 0 Å². The zero-order valence-corrected chi connectivity index (χ0v) is 11.5. The summed E-state index contributed by atoms with van der Waals surface area (Å²) in [5.74, 6) is 1.14. The van der Waals surface area contributed by atoms with Gasteiger partial charge in [-0.05, 0) is 31.2 Å². The molecule has 1 aromatic heterocycles. The highest BCUT2D eigenvalue weighted by Crippen LogP contribution is 2.27. The minimum atomic E-state index is -0.365. The molecule has 0 saturated carbocycles. The van der Waals surface area contributed by atoms with Gasteiger partial charge in [0.2, 0.25) is 0 Å². The molecule has 0 atom stereocenters. The van der Waals surface area contributed by atoms with Crippen molar-refractivity contribution in [1.29, 1.82) is 5.26 Å². The van der Waals surface area contributed by atoms with E-state index in [1.54, 1.807) is 38.3 Å². The maximum absolute atomic E-state index is 12.3. The van der Waals surface area contributed by atoms with Crippen LogP contribution < -0.4 is 15.0 Å². The van der Waals surface area contributed by atoms with Crippen LogP contribution >= 0.6 is 0 Å². The van der Waals surface area contributed by atoms with Crippen molar-refractivity contribution in [2.45, 2.75) is 6.92 Å². The zero-order chi connectivity index (χ0) is 14.7. The van der Waals surface area contributed by atoms with Crippen molar-refractivity contribution in [1.82, 2.24) is 4.57 Å². The number of aromatic nitrogens is 1. The van der Waals surface area contributed by atoms with E-state index in [1.807, 2.05) is 6.07 Å². The summed E-state index contributed by atoms with van der Waals surface area (Å²) in [6.45, 7) is 1.80. The molecule has 102 valence electrons. The summed E-state index contributed by atoms with van der Waals surface area (Å²) in [6.07, 6.45) is 0. The standard InChI is InChI=1S/C15H14N2O3/c1-10-4-5-11(9-16)15(18)17(10)13-7-6-12(19-2)8-14(13)20-3/h4-8H,1-3H3. The third-order valence-corrected chi connectivity index (χ3v) is 3.03. The van der Waals surface area contributed by atoms with Gasteiger partial charge in [-0.25, -0.2) is 0 Å². The highest BCUT2D eigenvalue weighted by molar-refractivity contribution is 5.52. The summed E-state index contributed by atoms with van der Waals surface area (Å²) in [4.78, 5) is 12.3. The number of rotatable bonds is 3. The first-order valence-electron chi connectivity index (χ1n) is 5.97. The van der Waals surface area contributed by atoms with E-state index in [1.165, 1.54) is 17.7 Å². The summed E-state index contributed by atoms with van der Waals surface area (Å²) in [7, 11) is 3.08. The highest BCUT2D eigenvalue weighted by atomic mass is 16.5. The maximum Gasteiger partial charge on any atom is 0.273 e. The molecule has 0 amide bonds. The van der Waals surface area contributed by atoms with Crippen molar-refractivity contribution in [2.75, 3.05) is 14.2 Å². The average Bonchev–Trinajstić information content (AvgIpc) is 2.47. The van der Waals surface area contributed by atoms with Crippen LogP contribution in [-0.2, 0) is 0 Å². The Morgan fingerprint density at radius 2 is 1.90 bits per heavy atom. The quantitative estimate of drug-likeness (QED) is 0.856. The number of pyridine rings is 1. The van der Waals surface area contributed by atoms with Gasteiger partial charge < -0.3 is 9.47 Å². The van der Waals surface area contributed by atoms with Crippen molar-refractivity contribution in [3.05, 3.63) is 51.9 Å². The van der Waals surface area contributed by atoms with Gasteiger partial charge in [-0.1, -0.05) is 0 Å². The van der Waals surface area contributed by atoms with Crippen LogP contribution in [0.15, 0.2) is 35.1 Å². The molecular formula is C15H14N2O3. The minimum Gasteiger partial charge on any atom is -0.497 e. The number of methoxy groups -OCH3 is 2. The van der Waals surface area contributed by atoms with E-state index in [4.69, 9.17) is 14.7 Å². The van der Waals surface area contributed by atoms with E-state index in [-0.39, 0.29) is 11.1 Å². The van der Waals surface area contributed by atoms with E-state index in [0.29, 0.717) is 17.2 Å². The average molecular weight is 270 g/mol. The molecule has 5 heteroatoms. The molecule has 0 fully saturated rings. The molecule has 0 aliphatic carbocycles. The number of nitrogens with zero attached hydrogens (tertiary/aromatic N) is 2. The van der Waals surface area contributed by atoms with Crippen LogP contribution in [0.1, 0.15) is 11.3 Å². The van der Waals surface area contributed by atoms with Gasteiger partial charge in [0, 0.05) is 11.8 Å². The fraction of sp³-hybridized carbons (Fsp3) is 0.200. The van der Waals surface area contributed by atoms with Gasteiger partial charge in [0.05, 0.1) is 19.9 Å². The van der Waals surface area contributed by atoms with E-state index in [9.17, 15) is 4.79 Å². The van der Waals surface area contributed by atoms with Gasteiger partial charge in [0.1, 0.15) is 23.1 Å². The number of aryl methyl sites for hydroxylation is 1. The zero-order valence-electron chi connectivity index (χ0n) is 11.5. The fourth-order valence-corrected chi connectivity index (χ4v) is 1.98. The molecule has 0 unspecified atom stereocenters. The van der Waals surface area contributed by atoms with Gasteiger partial charge in [0.25, 0.3) is 5.56 Å². The Morgan fingerprint density at radius 3 is 2.50 bits per heavy atom. The normalized spacial score (nSPS) is 9.90. The van der Waals surface area contributed by atoms with Crippen LogP contribution in [0.2, 0.25) is 0 Å². The smallest absolute Gasteiger partial charge is 0.273 e. The molecule has 0 spiro atoms. The summed E-state index contributed by atoms with van der Waals surface area (Å²) < 4.78 is 11.9. The number of hydrogen-bond donors (Lipinski definition) is 0. The molecule has 0 aliphatic rings. The van der Waals surface area contributed by atoms with E-state index >= 15 is 0 Å². The Morgan fingerprint density at radius 1 is 1.15 bits per heavy atom. The largest absolute Gasteiger partial charge is 0.497 e. The fourth-order valence-electron chi connectivity index (χ4n) is 1.98. The topological polar surface area (TPSA) is 64.2 Å². The second-order valence-electron chi connectivity index (χ2n) is 4.18. The number of nitriles is 1. The van der Waals surface area contributed by atoms with E-state index < -0.39 is 0 Å². The van der Waals surface area contributed by atoms with Gasteiger partial charge in [-0.2, -0.15) is 5.26 Å². The van der Waals surface area contributed by atoms with Crippen molar-refractivity contribution in [3.63, 3.8) is 0 Å². The first kappa shape index (κ1) is 13.7. The van der Waals surface area contributed by atoms with Crippen LogP contribution in [0.5, 0.6) is 11.5 Å². The molecule has 2 aromatic rings. The highest BCUT2D eigenvalue weighted by Gasteiger charge is 2.13. The molecule has 0 radical (unpaired) electrons. The molecule has 0 saturated heterocycles. The lowest BCUT2D eigenvalue weighted by Gasteiger charge is -2.14. The van der Waals surface area contributed by atoms with Crippen LogP contribution in [0.3, 0.4) is 0 Å². The number of ether oxygens (including phenoxy) is 2. The Balaban J connectivity index is 2.75. The number of hydrogen-bond acceptors (Lipinski definition) is 4. The van der Waals surface area contributed by atoms with Crippen LogP contribution in [0, 0.1) is 18.3 Å². The summed E-state index contributed by atoms with van der Waals surface area (Å²) >= 11 is 0. The van der Waals surface area contributed by atoms with Gasteiger partial charge in [-0.15, -0.1) is 0 Å². The van der Waals surface area contributed by atoms with Crippen molar-refractivity contribution in [2.24, 2.45) is 0 Å². The lowest BCUT2D eigenvalue weighted by atomic mass is 10.2. The van der Waals surface area contributed by atoms with Gasteiger partial charge in [0.15, 0.2) is 0 Å². The summed E-state index contributed by atoms with van der Waals surface area (Å²) in [5, 5.41) is 8.97. The molecular weight excluding hydrogens is 256 g/mol. The van der Waals surface area contributed by atoms with Crippen molar-refractivity contribution < 1.29 is 9.47 Å². The molecule has 1 heterocycles.